The molecule has 24 heavy (non-hydrogen) atoms. The van der Waals surface area contributed by atoms with Crippen molar-refractivity contribution in [3.8, 4) is 11.8 Å². The minimum absolute atomic E-state index is 0.352. The summed E-state index contributed by atoms with van der Waals surface area (Å²) in [5.41, 5.74) is 4.15. The summed E-state index contributed by atoms with van der Waals surface area (Å²) in [6.07, 6.45) is 0.592. The highest BCUT2D eigenvalue weighted by Gasteiger charge is 2.09. The average molecular weight is 312 g/mol. The van der Waals surface area contributed by atoms with E-state index < -0.39 is 5.97 Å². The minimum atomic E-state index is -0.893. The lowest BCUT2D eigenvalue weighted by Gasteiger charge is -2.06. The van der Waals surface area contributed by atoms with Crippen LogP contribution in [-0.4, -0.2) is 11.1 Å². The molecule has 0 amide bonds. The van der Waals surface area contributed by atoms with Gasteiger partial charge in [-0.2, -0.15) is 0 Å². The molecule has 0 saturated carbocycles. The summed E-state index contributed by atoms with van der Waals surface area (Å²) in [6, 6.07) is 24.9. The number of carboxylic acid groups (broad SMARTS) is 1. The minimum Gasteiger partial charge on any atom is -0.478 e. The molecule has 0 aliphatic carbocycles. The zero-order chi connectivity index (χ0) is 16.8. The van der Waals surface area contributed by atoms with Crippen molar-refractivity contribution in [2.75, 3.05) is 0 Å². The molecule has 0 radical (unpaired) electrons. The third kappa shape index (κ3) is 3.91. The zero-order valence-electron chi connectivity index (χ0n) is 13.1. The molecule has 0 aromatic heterocycles. The zero-order valence-corrected chi connectivity index (χ0v) is 13.1. The van der Waals surface area contributed by atoms with Crippen LogP contribution >= 0.6 is 0 Å². The van der Waals surface area contributed by atoms with Gasteiger partial charge in [0.2, 0.25) is 0 Å². The van der Waals surface area contributed by atoms with Crippen molar-refractivity contribution in [3.05, 3.63) is 107 Å². The lowest BCUT2D eigenvalue weighted by molar-refractivity contribution is 0.0696. The summed E-state index contributed by atoms with van der Waals surface area (Å²) in [5, 5.41) is 9.25. The molecular formula is C22H16O2. The third-order valence-corrected chi connectivity index (χ3v) is 3.72. The van der Waals surface area contributed by atoms with Gasteiger partial charge in [-0.15, -0.1) is 0 Å². The molecule has 0 heterocycles. The predicted octanol–water partition coefficient (Wildman–Crippen LogP) is 4.38. The maximum Gasteiger partial charge on any atom is 0.335 e. The first-order valence-corrected chi connectivity index (χ1v) is 7.69. The maximum atomic E-state index is 11.3. The van der Waals surface area contributed by atoms with Crippen molar-refractivity contribution < 1.29 is 9.90 Å². The molecule has 0 fully saturated rings. The van der Waals surface area contributed by atoms with E-state index >= 15 is 0 Å². The summed E-state index contributed by atoms with van der Waals surface area (Å²) < 4.78 is 0. The van der Waals surface area contributed by atoms with Gasteiger partial charge in [-0.05, 0) is 47.9 Å². The van der Waals surface area contributed by atoms with E-state index in [1.54, 1.807) is 12.1 Å². The van der Waals surface area contributed by atoms with Crippen LogP contribution in [0, 0.1) is 11.8 Å². The van der Waals surface area contributed by atoms with E-state index in [9.17, 15) is 9.90 Å². The Morgan fingerprint density at radius 3 is 2.00 bits per heavy atom. The Morgan fingerprint density at radius 2 is 1.33 bits per heavy atom. The van der Waals surface area contributed by atoms with Crippen LogP contribution in [0.25, 0.3) is 0 Å². The van der Waals surface area contributed by atoms with Crippen molar-refractivity contribution >= 4 is 5.97 Å². The van der Waals surface area contributed by atoms with Gasteiger partial charge in [-0.1, -0.05) is 60.4 Å². The molecule has 3 rings (SSSR count). The molecule has 0 aliphatic rings. The van der Waals surface area contributed by atoms with Crippen LogP contribution in [0.5, 0.6) is 0 Å². The predicted molar refractivity (Wildman–Crippen MR) is 95.1 cm³/mol. The first-order valence-electron chi connectivity index (χ1n) is 7.69. The van der Waals surface area contributed by atoms with E-state index in [2.05, 4.69) is 11.8 Å². The number of hydrogen-bond acceptors (Lipinski definition) is 1. The molecule has 3 aromatic carbocycles. The van der Waals surface area contributed by atoms with Gasteiger partial charge in [0.15, 0.2) is 0 Å². The van der Waals surface area contributed by atoms with Gasteiger partial charge in [0.05, 0.1) is 5.56 Å². The SMILES string of the molecule is O=C(O)c1ccccc1Cc1ccc(C#Cc2ccccc2)cc1. The monoisotopic (exact) mass is 312 g/mol. The van der Waals surface area contributed by atoms with E-state index in [0.29, 0.717) is 12.0 Å². The normalized spacial score (nSPS) is 9.83. The quantitative estimate of drug-likeness (QED) is 0.729. The second-order valence-electron chi connectivity index (χ2n) is 5.45. The van der Waals surface area contributed by atoms with E-state index in [1.165, 1.54) is 0 Å². The fourth-order valence-corrected chi connectivity index (χ4v) is 2.47. The standard InChI is InChI=1S/C22H16O2/c23-22(24)21-9-5-4-8-20(21)16-19-14-12-18(13-15-19)11-10-17-6-2-1-3-7-17/h1-9,12-15H,16H2,(H,23,24). The van der Waals surface area contributed by atoms with Gasteiger partial charge >= 0.3 is 5.97 Å². The van der Waals surface area contributed by atoms with Gasteiger partial charge in [0.25, 0.3) is 0 Å². The van der Waals surface area contributed by atoms with E-state index in [-0.39, 0.29) is 0 Å². The second-order valence-corrected chi connectivity index (χ2v) is 5.45. The number of carboxylic acids is 1. The van der Waals surface area contributed by atoms with Gasteiger partial charge in [-0.25, -0.2) is 4.79 Å². The molecule has 0 bridgehead atoms. The summed E-state index contributed by atoms with van der Waals surface area (Å²) in [7, 11) is 0. The average Bonchev–Trinajstić information content (AvgIpc) is 2.62. The molecular weight excluding hydrogens is 296 g/mol. The van der Waals surface area contributed by atoms with Crippen LogP contribution in [0.4, 0.5) is 0 Å². The summed E-state index contributed by atoms with van der Waals surface area (Å²) >= 11 is 0. The topological polar surface area (TPSA) is 37.3 Å². The van der Waals surface area contributed by atoms with E-state index in [1.807, 2.05) is 66.7 Å². The summed E-state index contributed by atoms with van der Waals surface area (Å²) in [6.45, 7) is 0. The van der Waals surface area contributed by atoms with Crippen LogP contribution in [0.15, 0.2) is 78.9 Å². The highest BCUT2D eigenvalue weighted by molar-refractivity contribution is 5.89. The van der Waals surface area contributed by atoms with E-state index in [0.717, 1.165) is 22.3 Å². The largest absolute Gasteiger partial charge is 0.478 e. The van der Waals surface area contributed by atoms with Crippen LogP contribution in [-0.2, 0) is 6.42 Å². The van der Waals surface area contributed by atoms with Crippen molar-refractivity contribution in [2.24, 2.45) is 0 Å². The lowest BCUT2D eigenvalue weighted by atomic mass is 9.99. The van der Waals surface area contributed by atoms with Crippen LogP contribution < -0.4 is 0 Å². The summed E-state index contributed by atoms with van der Waals surface area (Å²) in [5.74, 6) is 5.37. The number of carbonyl (C=O) groups is 1. The Balaban J connectivity index is 1.76. The highest BCUT2D eigenvalue weighted by Crippen LogP contribution is 2.15. The van der Waals surface area contributed by atoms with Crippen LogP contribution in [0.2, 0.25) is 0 Å². The number of aromatic carboxylic acids is 1. The summed E-state index contributed by atoms with van der Waals surface area (Å²) in [4.78, 5) is 11.3. The van der Waals surface area contributed by atoms with Gasteiger partial charge < -0.3 is 5.11 Å². The Hall–Kier alpha value is -3.31. The Morgan fingerprint density at radius 1 is 0.750 bits per heavy atom. The second kappa shape index (κ2) is 7.30. The molecule has 1 N–H and O–H groups in total. The molecule has 0 unspecified atom stereocenters. The fourth-order valence-electron chi connectivity index (χ4n) is 2.47. The molecule has 116 valence electrons. The maximum absolute atomic E-state index is 11.3. The third-order valence-electron chi connectivity index (χ3n) is 3.72. The Labute approximate surface area is 141 Å². The molecule has 0 saturated heterocycles. The molecule has 0 aliphatic heterocycles. The van der Waals surface area contributed by atoms with Gasteiger partial charge in [-0.3, -0.25) is 0 Å². The van der Waals surface area contributed by atoms with Crippen molar-refractivity contribution in [1.82, 2.24) is 0 Å². The van der Waals surface area contributed by atoms with E-state index in [4.69, 9.17) is 0 Å². The number of hydrogen-bond donors (Lipinski definition) is 1. The number of benzene rings is 3. The smallest absolute Gasteiger partial charge is 0.335 e. The molecule has 0 atom stereocenters. The Bertz CT molecular complexity index is 898. The van der Waals surface area contributed by atoms with Gasteiger partial charge in [0.1, 0.15) is 0 Å². The molecule has 2 nitrogen and oxygen atoms in total. The lowest BCUT2D eigenvalue weighted by Crippen LogP contribution is -2.02. The molecule has 3 aromatic rings. The van der Waals surface area contributed by atoms with Crippen LogP contribution in [0.3, 0.4) is 0 Å². The van der Waals surface area contributed by atoms with Crippen LogP contribution in [0.1, 0.15) is 32.6 Å². The van der Waals surface area contributed by atoms with Gasteiger partial charge in [0, 0.05) is 11.1 Å². The van der Waals surface area contributed by atoms with Crippen molar-refractivity contribution in [2.45, 2.75) is 6.42 Å². The molecule has 2 heteroatoms. The Kier molecular flexibility index (Phi) is 4.74. The highest BCUT2D eigenvalue weighted by atomic mass is 16.4. The first kappa shape index (κ1) is 15.6. The first-order chi connectivity index (χ1) is 11.7. The van der Waals surface area contributed by atoms with Crippen molar-refractivity contribution in [3.63, 3.8) is 0 Å². The molecule has 0 spiro atoms. The fraction of sp³-hybridized carbons (Fsp3) is 0.0455. The number of rotatable bonds is 3. The van der Waals surface area contributed by atoms with Crippen molar-refractivity contribution in [1.29, 1.82) is 0 Å².